The van der Waals surface area contributed by atoms with Gasteiger partial charge in [0.15, 0.2) is 0 Å². The van der Waals surface area contributed by atoms with Gasteiger partial charge in [-0.05, 0) is 28.8 Å². The van der Waals surface area contributed by atoms with Crippen molar-refractivity contribution in [3.05, 3.63) is 58.5 Å². The minimum Gasteiger partial charge on any atom is -0.452 e. The number of nitrogens with one attached hydrogen (secondary N) is 1. The first-order valence-corrected chi connectivity index (χ1v) is 6.85. The number of hydrogen-bond donors (Lipinski definition) is 1. The summed E-state index contributed by atoms with van der Waals surface area (Å²) in [4.78, 5) is 11.8. The summed E-state index contributed by atoms with van der Waals surface area (Å²) >= 11 is 9.11. The van der Waals surface area contributed by atoms with Crippen LogP contribution in [0.2, 0.25) is 5.22 Å². The lowest BCUT2D eigenvalue weighted by Gasteiger charge is -2.05. The molecule has 0 unspecified atom stereocenters. The summed E-state index contributed by atoms with van der Waals surface area (Å²) in [7, 11) is 0. The van der Waals surface area contributed by atoms with Crippen LogP contribution in [-0.4, -0.2) is 5.91 Å². The molecule has 0 aliphatic carbocycles. The van der Waals surface area contributed by atoms with Crippen LogP contribution in [-0.2, 0) is 11.9 Å². The molecule has 3 nitrogen and oxygen atoms in total. The second-order valence-corrected chi connectivity index (χ2v) is 4.64. The summed E-state index contributed by atoms with van der Waals surface area (Å²) in [6.07, 6.45) is 1.39. The van der Waals surface area contributed by atoms with E-state index in [1.807, 2.05) is 24.3 Å². The van der Waals surface area contributed by atoms with Gasteiger partial charge in [-0.2, -0.15) is 0 Å². The number of halogens is 2. The number of carbonyl (C=O) groups is 1. The SMILES string of the molecule is O=C(NCc1ccc(CBr)cc1)c1ccoc1Cl. The Morgan fingerprint density at radius 3 is 2.44 bits per heavy atom. The average molecular weight is 329 g/mol. The number of rotatable bonds is 4. The van der Waals surface area contributed by atoms with E-state index in [-0.39, 0.29) is 11.1 Å². The molecule has 0 radical (unpaired) electrons. The predicted octanol–water partition coefficient (Wildman–Crippen LogP) is 3.76. The maximum Gasteiger partial charge on any atom is 0.256 e. The number of benzene rings is 1. The van der Waals surface area contributed by atoms with Gasteiger partial charge < -0.3 is 9.73 Å². The number of amides is 1. The van der Waals surface area contributed by atoms with Gasteiger partial charge in [0.25, 0.3) is 5.91 Å². The Bertz CT molecular complexity index is 536. The van der Waals surface area contributed by atoms with Crippen molar-refractivity contribution >= 4 is 33.4 Å². The predicted molar refractivity (Wildman–Crippen MR) is 74.0 cm³/mol. The molecule has 0 aliphatic rings. The van der Waals surface area contributed by atoms with Crippen molar-refractivity contribution < 1.29 is 9.21 Å². The average Bonchev–Trinajstić information content (AvgIpc) is 2.83. The van der Waals surface area contributed by atoms with E-state index < -0.39 is 0 Å². The molecule has 2 aromatic rings. The van der Waals surface area contributed by atoms with Crippen LogP contribution in [0, 0.1) is 0 Å². The van der Waals surface area contributed by atoms with Crippen LogP contribution in [0.25, 0.3) is 0 Å². The third kappa shape index (κ3) is 3.15. The first kappa shape index (κ1) is 13.2. The Labute approximate surface area is 118 Å². The Balaban J connectivity index is 1.95. The molecular formula is C13H11BrClNO2. The van der Waals surface area contributed by atoms with Crippen LogP contribution < -0.4 is 5.32 Å². The molecule has 1 amide bonds. The monoisotopic (exact) mass is 327 g/mol. The van der Waals surface area contributed by atoms with E-state index in [0.29, 0.717) is 12.1 Å². The number of carbonyl (C=O) groups excluding carboxylic acids is 1. The summed E-state index contributed by atoms with van der Waals surface area (Å²) in [5.41, 5.74) is 2.59. The van der Waals surface area contributed by atoms with Gasteiger partial charge in [-0.1, -0.05) is 40.2 Å². The van der Waals surface area contributed by atoms with Crippen molar-refractivity contribution in [2.24, 2.45) is 0 Å². The van der Waals surface area contributed by atoms with Gasteiger partial charge in [-0.25, -0.2) is 0 Å². The fraction of sp³-hybridized carbons (Fsp3) is 0.154. The fourth-order valence-corrected chi connectivity index (χ4v) is 2.05. The van der Waals surface area contributed by atoms with Crippen LogP contribution in [0.4, 0.5) is 0 Å². The van der Waals surface area contributed by atoms with Crippen molar-refractivity contribution in [1.82, 2.24) is 5.32 Å². The largest absolute Gasteiger partial charge is 0.452 e. The molecule has 0 saturated carbocycles. The molecule has 1 N–H and O–H groups in total. The summed E-state index contributed by atoms with van der Waals surface area (Å²) in [5.74, 6) is -0.238. The molecular weight excluding hydrogens is 318 g/mol. The lowest BCUT2D eigenvalue weighted by Crippen LogP contribution is -2.22. The third-order valence-electron chi connectivity index (χ3n) is 2.49. The van der Waals surface area contributed by atoms with Gasteiger partial charge in [-0.3, -0.25) is 4.79 Å². The minimum atomic E-state index is -0.238. The van der Waals surface area contributed by atoms with Crippen LogP contribution in [0.1, 0.15) is 21.5 Å². The number of hydrogen-bond acceptors (Lipinski definition) is 2. The molecule has 0 saturated heterocycles. The summed E-state index contributed by atoms with van der Waals surface area (Å²) in [5, 5.41) is 3.72. The second kappa shape index (κ2) is 6.07. The lowest BCUT2D eigenvalue weighted by atomic mass is 10.1. The molecule has 1 aromatic carbocycles. The molecule has 0 fully saturated rings. The normalized spacial score (nSPS) is 10.3. The van der Waals surface area contributed by atoms with Crippen LogP contribution >= 0.6 is 27.5 Å². The first-order chi connectivity index (χ1) is 8.70. The van der Waals surface area contributed by atoms with E-state index in [1.165, 1.54) is 11.8 Å². The number of furan rings is 1. The highest BCUT2D eigenvalue weighted by Gasteiger charge is 2.12. The topological polar surface area (TPSA) is 42.2 Å². The molecule has 0 spiro atoms. The van der Waals surface area contributed by atoms with Gasteiger partial charge in [-0.15, -0.1) is 0 Å². The van der Waals surface area contributed by atoms with Crippen molar-refractivity contribution in [3.63, 3.8) is 0 Å². The highest BCUT2D eigenvalue weighted by molar-refractivity contribution is 9.08. The van der Waals surface area contributed by atoms with E-state index in [9.17, 15) is 4.79 Å². The highest BCUT2D eigenvalue weighted by Crippen LogP contribution is 2.16. The van der Waals surface area contributed by atoms with Gasteiger partial charge in [0.05, 0.1) is 11.8 Å². The maximum atomic E-state index is 11.8. The smallest absolute Gasteiger partial charge is 0.256 e. The van der Waals surface area contributed by atoms with Gasteiger partial charge >= 0.3 is 0 Å². The van der Waals surface area contributed by atoms with E-state index in [0.717, 1.165) is 10.9 Å². The Hall–Kier alpha value is -1.26. The van der Waals surface area contributed by atoms with Gasteiger partial charge in [0.2, 0.25) is 5.22 Å². The van der Waals surface area contributed by atoms with E-state index >= 15 is 0 Å². The fourth-order valence-electron chi connectivity index (χ4n) is 1.48. The Kier molecular flexibility index (Phi) is 4.44. The molecule has 1 heterocycles. The Morgan fingerprint density at radius 1 is 1.22 bits per heavy atom. The molecule has 1 aromatic heterocycles. The van der Waals surface area contributed by atoms with Crippen molar-refractivity contribution in [1.29, 1.82) is 0 Å². The lowest BCUT2D eigenvalue weighted by molar-refractivity contribution is 0.0950. The zero-order chi connectivity index (χ0) is 13.0. The third-order valence-corrected chi connectivity index (χ3v) is 3.43. The summed E-state index contributed by atoms with van der Waals surface area (Å²) in [6, 6.07) is 9.54. The molecule has 5 heteroatoms. The standard InChI is InChI=1S/C13H11BrClNO2/c14-7-9-1-3-10(4-2-9)8-16-13(17)11-5-6-18-12(11)15/h1-6H,7-8H2,(H,16,17). The molecule has 0 aliphatic heterocycles. The quantitative estimate of drug-likeness (QED) is 0.868. The van der Waals surface area contributed by atoms with Gasteiger partial charge in [0.1, 0.15) is 0 Å². The van der Waals surface area contributed by atoms with E-state index in [4.69, 9.17) is 16.0 Å². The molecule has 0 atom stereocenters. The molecule has 18 heavy (non-hydrogen) atoms. The van der Waals surface area contributed by atoms with Crippen molar-refractivity contribution in [2.75, 3.05) is 0 Å². The zero-order valence-corrected chi connectivity index (χ0v) is 11.8. The van der Waals surface area contributed by atoms with Crippen LogP contribution in [0.15, 0.2) is 41.0 Å². The van der Waals surface area contributed by atoms with E-state index in [2.05, 4.69) is 21.2 Å². The first-order valence-electron chi connectivity index (χ1n) is 5.35. The highest BCUT2D eigenvalue weighted by atomic mass is 79.9. The van der Waals surface area contributed by atoms with Crippen LogP contribution in [0.5, 0.6) is 0 Å². The van der Waals surface area contributed by atoms with Crippen LogP contribution in [0.3, 0.4) is 0 Å². The van der Waals surface area contributed by atoms with E-state index in [1.54, 1.807) is 6.07 Å². The van der Waals surface area contributed by atoms with Crippen molar-refractivity contribution in [3.8, 4) is 0 Å². The minimum absolute atomic E-state index is 0.113. The Morgan fingerprint density at radius 2 is 1.89 bits per heavy atom. The zero-order valence-electron chi connectivity index (χ0n) is 9.45. The molecule has 2 rings (SSSR count). The number of alkyl halides is 1. The second-order valence-electron chi connectivity index (χ2n) is 3.74. The van der Waals surface area contributed by atoms with Crippen molar-refractivity contribution in [2.45, 2.75) is 11.9 Å². The molecule has 0 bridgehead atoms. The summed E-state index contributed by atoms with van der Waals surface area (Å²) < 4.78 is 4.87. The summed E-state index contributed by atoms with van der Waals surface area (Å²) in [6.45, 7) is 0.461. The maximum absolute atomic E-state index is 11.8. The molecule has 94 valence electrons. The van der Waals surface area contributed by atoms with Gasteiger partial charge in [0, 0.05) is 11.9 Å².